The van der Waals surface area contributed by atoms with Crippen molar-refractivity contribution >= 4 is 11.7 Å². The van der Waals surface area contributed by atoms with Crippen molar-refractivity contribution in [1.82, 2.24) is 10.1 Å². The molecule has 1 atom stereocenters. The van der Waals surface area contributed by atoms with Crippen LogP contribution < -0.4 is 0 Å². The number of Topliss-reactive ketones (excluding diaryl/α,β-unsaturated/α-hetero) is 1. The largest absolute Gasteiger partial charge is 0.416 e. The number of hydrogen-bond acceptors (Lipinski definition) is 5. The molecule has 1 saturated heterocycles. The molecule has 1 aromatic heterocycles. The first-order valence-corrected chi connectivity index (χ1v) is 13.8. The number of alkyl halides is 3. The zero-order chi connectivity index (χ0) is 28.3. The van der Waals surface area contributed by atoms with Gasteiger partial charge >= 0.3 is 6.18 Å². The number of benzene rings is 2. The summed E-state index contributed by atoms with van der Waals surface area (Å²) < 4.78 is 43.7. The Kier molecular flexibility index (Phi) is 8.12. The lowest BCUT2D eigenvalue weighted by molar-refractivity contribution is -0.137. The van der Waals surface area contributed by atoms with Crippen molar-refractivity contribution in [3.63, 3.8) is 0 Å². The van der Waals surface area contributed by atoms with Gasteiger partial charge in [-0.05, 0) is 73.6 Å². The number of carbonyl (C=O) groups excluding carboxylic acids is 2. The second-order valence-electron chi connectivity index (χ2n) is 11.2. The third-order valence-electron chi connectivity index (χ3n) is 8.50. The monoisotopic (exact) mass is 554 g/mol. The second-order valence-corrected chi connectivity index (χ2v) is 11.2. The summed E-state index contributed by atoms with van der Waals surface area (Å²) in [5.41, 5.74) is 1.08. The van der Waals surface area contributed by atoms with E-state index in [0.717, 1.165) is 54.5 Å². The molecule has 1 saturated carbocycles. The second kappa shape index (κ2) is 11.6. The zero-order valence-corrected chi connectivity index (χ0v) is 22.2. The lowest BCUT2D eigenvalue weighted by atomic mass is 9.72. The predicted molar refractivity (Wildman–Crippen MR) is 142 cm³/mol. The Morgan fingerprint density at radius 2 is 1.75 bits per heavy atom. The maximum absolute atomic E-state index is 12.9. The van der Waals surface area contributed by atoms with Crippen LogP contribution in [0.5, 0.6) is 0 Å². The van der Waals surface area contributed by atoms with Crippen molar-refractivity contribution < 1.29 is 32.4 Å². The fraction of sp³-hybridized carbons (Fsp3) is 0.452. The summed E-state index contributed by atoms with van der Waals surface area (Å²) in [4.78, 5) is 26.9. The van der Waals surface area contributed by atoms with Gasteiger partial charge in [-0.3, -0.25) is 9.59 Å². The molecule has 1 aliphatic heterocycles. The van der Waals surface area contributed by atoms with Crippen LogP contribution >= 0.6 is 0 Å². The van der Waals surface area contributed by atoms with Crippen LogP contribution in [0.2, 0.25) is 0 Å². The van der Waals surface area contributed by atoms with Crippen molar-refractivity contribution in [2.24, 2.45) is 11.8 Å². The first-order valence-electron chi connectivity index (χ1n) is 13.8. The molecular weight excluding hydrogens is 521 g/mol. The Balaban J connectivity index is 1.06. The minimum atomic E-state index is -4.52. The van der Waals surface area contributed by atoms with E-state index < -0.39 is 23.1 Å². The summed E-state index contributed by atoms with van der Waals surface area (Å²) in [5.74, 6) is 0.273. The van der Waals surface area contributed by atoms with E-state index in [1.165, 1.54) is 12.1 Å². The van der Waals surface area contributed by atoms with Crippen molar-refractivity contribution in [2.45, 2.75) is 63.1 Å². The molecule has 40 heavy (non-hydrogen) atoms. The summed E-state index contributed by atoms with van der Waals surface area (Å²) in [5, 5.41) is 15.1. The Morgan fingerprint density at radius 3 is 2.42 bits per heavy atom. The summed E-state index contributed by atoms with van der Waals surface area (Å²) in [6.07, 6.45) is 3.73. The van der Waals surface area contributed by atoms with Crippen molar-refractivity contribution in [1.29, 1.82) is 0 Å². The van der Waals surface area contributed by atoms with Gasteiger partial charge in [-0.25, -0.2) is 0 Å². The van der Waals surface area contributed by atoms with Crippen molar-refractivity contribution in [3.8, 4) is 11.1 Å². The van der Waals surface area contributed by atoms with Gasteiger partial charge in [0.05, 0.1) is 17.4 Å². The fourth-order valence-corrected chi connectivity index (χ4v) is 6.11. The van der Waals surface area contributed by atoms with Gasteiger partial charge in [-0.1, -0.05) is 41.6 Å². The summed E-state index contributed by atoms with van der Waals surface area (Å²) in [6.45, 7) is 1.28. The predicted octanol–water partition coefficient (Wildman–Crippen LogP) is 6.64. The van der Waals surface area contributed by atoms with E-state index in [0.29, 0.717) is 37.8 Å². The smallest absolute Gasteiger partial charge is 0.385 e. The highest BCUT2D eigenvalue weighted by atomic mass is 19.4. The molecule has 1 aliphatic carbocycles. The number of carbonyl (C=O) groups is 2. The van der Waals surface area contributed by atoms with Crippen molar-refractivity contribution in [2.75, 3.05) is 13.1 Å². The summed E-state index contributed by atoms with van der Waals surface area (Å²) in [6, 6.07) is 12.2. The lowest BCUT2D eigenvalue weighted by Crippen LogP contribution is -2.32. The zero-order valence-electron chi connectivity index (χ0n) is 22.2. The quantitative estimate of drug-likeness (QED) is 0.316. The number of amides is 1. The molecule has 1 N–H and O–H groups in total. The van der Waals surface area contributed by atoms with Gasteiger partial charge in [0.15, 0.2) is 5.78 Å². The number of nitrogens with zero attached hydrogens (tertiary/aromatic N) is 2. The topological polar surface area (TPSA) is 83.6 Å². The molecule has 3 aromatic rings. The van der Waals surface area contributed by atoms with Crippen LogP contribution in [0.3, 0.4) is 0 Å². The van der Waals surface area contributed by atoms with Gasteiger partial charge in [0.1, 0.15) is 6.26 Å². The molecule has 2 aromatic carbocycles. The highest BCUT2D eigenvalue weighted by molar-refractivity contribution is 5.98. The average Bonchev–Trinajstić information content (AvgIpc) is 3.66. The van der Waals surface area contributed by atoms with Gasteiger partial charge in [0, 0.05) is 37.1 Å². The third-order valence-corrected chi connectivity index (χ3v) is 8.50. The standard InChI is InChI=1S/C31H33F3N2O4/c32-31(33,34)27-3-1-2-24(17-27)28(37)8-9-29(38)36-15-12-22(19-36)16-21-10-13-30(39,14-11-21)26-6-4-23(5-7-26)25-18-35-40-20-25/h1-7,17-18,20-22,39H,8-16,19H2. The number of halogens is 3. The van der Waals surface area contributed by atoms with Gasteiger partial charge in [0.25, 0.3) is 0 Å². The SMILES string of the molecule is O=C(CCC(=O)N1CCC(CC2CCC(O)(c3ccc(-c4cnoc4)cc3)CC2)C1)c1cccc(C(F)(F)F)c1. The van der Waals surface area contributed by atoms with E-state index in [-0.39, 0.29) is 24.3 Å². The summed E-state index contributed by atoms with van der Waals surface area (Å²) in [7, 11) is 0. The Morgan fingerprint density at radius 1 is 1.00 bits per heavy atom. The van der Waals surface area contributed by atoms with Crippen LogP contribution in [0.25, 0.3) is 11.1 Å². The average molecular weight is 555 g/mol. The normalized spacial score (nSPS) is 23.4. The van der Waals surface area contributed by atoms with Crippen LogP contribution in [-0.4, -0.2) is 39.9 Å². The first-order chi connectivity index (χ1) is 19.1. The van der Waals surface area contributed by atoms with Gasteiger partial charge < -0.3 is 14.5 Å². The lowest BCUT2D eigenvalue weighted by Gasteiger charge is -2.37. The van der Waals surface area contributed by atoms with E-state index in [4.69, 9.17) is 4.52 Å². The van der Waals surface area contributed by atoms with Gasteiger partial charge in [-0.15, -0.1) is 0 Å². The number of aromatic nitrogens is 1. The van der Waals surface area contributed by atoms with Crippen LogP contribution in [0, 0.1) is 11.8 Å². The number of rotatable bonds is 8. The first kappa shape index (κ1) is 28.1. The number of aliphatic hydroxyl groups is 1. The van der Waals surface area contributed by atoms with Crippen LogP contribution in [0.4, 0.5) is 13.2 Å². The Hall–Kier alpha value is -3.46. The maximum atomic E-state index is 12.9. The van der Waals surface area contributed by atoms with Crippen molar-refractivity contribution in [3.05, 3.63) is 77.7 Å². The van der Waals surface area contributed by atoms with E-state index >= 15 is 0 Å². The Bertz CT molecular complexity index is 1310. The van der Waals surface area contributed by atoms with E-state index in [2.05, 4.69) is 5.16 Å². The number of ketones is 1. The highest BCUT2D eigenvalue weighted by Crippen LogP contribution is 2.42. The van der Waals surface area contributed by atoms with E-state index in [1.54, 1.807) is 17.4 Å². The molecule has 2 fully saturated rings. The minimum absolute atomic E-state index is 0.00580. The Labute approximate surface area is 231 Å². The van der Waals surface area contributed by atoms with E-state index in [1.807, 2.05) is 24.3 Å². The molecule has 0 bridgehead atoms. The molecule has 0 radical (unpaired) electrons. The van der Waals surface area contributed by atoms with Crippen LogP contribution in [-0.2, 0) is 16.6 Å². The molecule has 1 unspecified atom stereocenters. The van der Waals surface area contributed by atoms with E-state index in [9.17, 15) is 27.9 Å². The third kappa shape index (κ3) is 6.46. The minimum Gasteiger partial charge on any atom is -0.385 e. The summed E-state index contributed by atoms with van der Waals surface area (Å²) >= 11 is 0. The van der Waals surface area contributed by atoms with Crippen LogP contribution in [0.15, 0.2) is 65.5 Å². The molecule has 9 heteroatoms. The fourth-order valence-electron chi connectivity index (χ4n) is 6.11. The molecular formula is C31H33F3N2O4. The number of likely N-dealkylation sites (tertiary alicyclic amines) is 1. The van der Waals surface area contributed by atoms with Gasteiger partial charge in [0.2, 0.25) is 5.91 Å². The molecule has 2 heterocycles. The molecule has 6 nitrogen and oxygen atoms in total. The molecule has 2 aliphatic rings. The van der Waals surface area contributed by atoms with Gasteiger partial charge in [-0.2, -0.15) is 13.2 Å². The molecule has 212 valence electrons. The molecule has 1 amide bonds. The number of hydrogen-bond donors (Lipinski definition) is 1. The molecule has 0 spiro atoms. The molecule has 5 rings (SSSR count). The highest BCUT2D eigenvalue weighted by Gasteiger charge is 2.37. The maximum Gasteiger partial charge on any atom is 0.416 e. The van der Waals surface area contributed by atoms with Crippen LogP contribution in [0.1, 0.15) is 72.9 Å².